The molecule has 90 valence electrons. The Labute approximate surface area is 94.6 Å². The third-order valence-electron chi connectivity index (χ3n) is 2.63. The van der Waals surface area contributed by atoms with Crippen LogP contribution in [0.5, 0.6) is 0 Å². The Morgan fingerprint density at radius 3 is 2.62 bits per heavy atom. The zero-order valence-corrected chi connectivity index (χ0v) is 9.81. The number of methoxy groups -OCH3 is 1. The number of ether oxygens (including phenoxy) is 1. The normalized spacial score (nSPS) is 12.8. The molecule has 0 fully saturated rings. The van der Waals surface area contributed by atoms with Gasteiger partial charge in [-0.3, -0.25) is 0 Å². The Kier molecular flexibility index (Phi) is 4.83. The molecule has 1 aromatic rings. The van der Waals surface area contributed by atoms with Gasteiger partial charge in [0.15, 0.2) is 0 Å². The summed E-state index contributed by atoms with van der Waals surface area (Å²) in [5.41, 5.74) is 0.550. The molecule has 0 aliphatic heterocycles. The SMILES string of the molecule is CNC(CCOC)c1c(F)ccc(C)c1F. The lowest BCUT2D eigenvalue weighted by atomic mass is 10.0. The molecule has 1 rings (SSSR count). The average Bonchev–Trinajstić information content (AvgIpc) is 2.28. The second-order valence-electron chi connectivity index (χ2n) is 3.71. The van der Waals surface area contributed by atoms with E-state index in [1.807, 2.05) is 0 Å². The van der Waals surface area contributed by atoms with Crippen LogP contribution in [-0.2, 0) is 4.74 Å². The molecule has 1 unspecified atom stereocenters. The molecular formula is C12H17F2NO. The number of hydrogen-bond donors (Lipinski definition) is 1. The minimum Gasteiger partial charge on any atom is -0.385 e. The summed E-state index contributed by atoms with van der Waals surface area (Å²) < 4.78 is 32.3. The molecule has 16 heavy (non-hydrogen) atoms. The van der Waals surface area contributed by atoms with Gasteiger partial charge in [-0.15, -0.1) is 0 Å². The highest BCUT2D eigenvalue weighted by atomic mass is 19.1. The Morgan fingerprint density at radius 1 is 1.38 bits per heavy atom. The fourth-order valence-electron chi connectivity index (χ4n) is 1.67. The molecule has 0 aliphatic rings. The van der Waals surface area contributed by atoms with Crippen molar-refractivity contribution in [2.75, 3.05) is 20.8 Å². The van der Waals surface area contributed by atoms with Gasteiger partial charge in [-0.1, -0.05) is 6.07 Å². The third kappa shape index (κ3) is 2.77. The van der Waals surface area contributed by atoms with Gasteiger partial charge in [0.25, 0.3) is 0 Å². The maximum absolute atomic E-state index is 13.8. The van der Waals surface area contributed by atoms with E-state index >= 15 is 0 Å². The summed E-state index contributed by atoms with van der Waals surface area (Å²) in [7, 11) is 3.25. The largest absolute Gasteiger partial charge is 0.385 e. The van der Waals surface area contributed by atoms with Crippen molar-refractivity contribution in [1.82, 2.24) is 5.32 Å². The Bertz CT molecular complexity index is 355. The standard InChI is InChI=1S/C12H17F2NO/c1-8-4-5-9(13)11(12(8)14)10(15-2)6-7-16-3/h4-5,10,15H,6-7H2,1-3H3. The molecule has 0 aliphatic carbocycles. The number of aryl methyl sites for hydroxylation is 1. The topological polar surface area (TPSA) is 21.3 Å². The molecule has 0 radical (unpaired) electrons. The van der Waals surface area contributed by atoms with Crippen molar-refractivity contribution in [3.05, 3.63) is 34.9 Å². The highest BCUT2D eigenvalue weighted by Gasteiger charge is 2.19. The fourth-order valence-corrected chi connectivity index (χ4v) is 1.67. The van der Waals surface area contributed by atoms with E-state index in [1.165, 1.54) is 12.1 Å². The molecule has 0 saturated carbocycles. The second-order valence-corrected chi connectivity index (χ2v) is 3.71. The molecule has 4 heteroatoms. The van der Waals surface area contributed by atoms with Crippen LogP contribution in [0, 0.1) is 18.6 Å². The van der Waals surface area contributed by atoms with Gasteiger partial charge in [0.2, 0.25) is 0 Å². The predicted molar refractivity (Wildman–Crippen MR) is 59.4 cm³/mol. The zero-order chi connectivity index (χ0) is 12.1. The third-order valence-corrected chi connectivity index (χ3v) is 2.63. The van der Waals surface area contributed by atoms with Crippen LogP contribution < -0.4 is 5.32 Å². The Hall–Kier alpha value is -1.00. The van der Waals surface area contributed by atoms with Crippen LogP contribution in [0.1, 0.15) is 23.6 Å². The van der Waals surface area contributed by atoms with Crippen LogP contribution in [0.25, 0.3) is 0 Å². The van der Waals surface area contributed by atoms with Crippen molar-refractivity contribution >= 4 is 0 Å². The monoisotopic (exact) mass is 229 g/mol. The average molecular weight is 229 g/mol. The van der Waals surface area contributed by atoms with E-state index in [4.69, 9.17) is 4.74 Å². The van der Waals surface area contributed by atoms with Gasteiger partial charge >= 0.3 is 0 Å². The number of halogens is 2. The van der Waals surface area contributed by atoms with Crippen molar-refractivity contribution in [3.8, 4) is 0 Å². The Morgan fingerprint density at radius 2 is 2.06 bits per heavy atom. The first-order valence-electron chi connectivity index (χ1n) is 5.22. The van der Waals surface area contributed by atoms with Gasteiger partial charge in [0.05, 0.1) is 0 Å². The maximum Gasteiger partial charge on any atom is 0.133 e. The van der Waals surface area contributed by atoms with Crippen LogP contribution in [0.4, 0.5) is 8.78 Å². The molecule has 0 amide bonds. The number of benzene rings is 1. The van der Waals surface area contributed by atoms with Gasteiger partial charge in [-0.05, 0) is 32.0 Å². The van der Waals surface area contributed by atoms with Crippen LogP contribution in [0.15, 0.2) is 12.1 Å². The van der Waals surface area contributed by atoms with Crippen molar-refractivity contribution in [3.63, 3.8) is 0 Å². The van der Waals surface area contributed by atoms with E-state index in [2.05, 4.69) is 5.32 Å². The molecule has 1 aromatic carbocycles. The van der Waals surface area contributed by atoms with Crippen LogP contribution in [0.2, 0.25) is 0 Å². The van der Waals surface area contributed by atoms with Crippen molar-refractivity contribution in [2.45, 2.75) is 19.4 Å². The Balaban J connectivity index is 3.03. The first kappa shape index (κ1) is 13.1. The smallest absolute Gasteiger partial charge is 0.133 e. The van der Waals surface area contributed by atoms with E-state index in [-0.39, 0.29) is 11.6 Å². The first-order chi connectivity index (χ1) is 7.61. The molecule has 0 bridgehead atoms. The lowest BCUT2D eigenvalue weighted by Crippen LogP contribution is -2.21. The highest BCUT2D eigenvalue weighted by molar-refractivity contribution is 5.29. The van der Waals surface area contributed by atoms with Crippen molar-refractivity contribution in [1.29, 1.82) is 0 Å². The number of hydrogen-bond acceptors (Lipinski definition) is 2. The van der Waals surface area contributed by atoms with Gasteiger partial charge in [0.1, 0.15) is 11.6 Å². The summed E-state index contributed by atoms with van der Waals surface area (Å²) in [6.07, 6.45) is 0.532. The number of nitrogens with one attached hydrogen (secondary N) is 1. The zero-order valence-electron chi connectivity index (χ0n) is 9.81. The van der Waals surface area contributed by atoms with Gasteiger partial charge < -0.3 is 10.1 Å². The van der Waals surface area contributed by atoms with E-state index in [0.29, 0.717) is 18.6 Å². The minimum atomic E-state index is -0.515. The maximum atomic E-state index is 13.8. The summed E-state index contributed by atoms with van der Waals surface area (Å²) in [6.45, 7) is 2.08. The predicted octanol–water partition coefficient (Wildman–Crippen LogP) is 2.57. The molecule has 1 atom stereocenters. The van der Waals surface area contributed by atoms with Crippen molar-refractivity contribution < 1.29 is 13.5 Å². The summed E-state index contributed by atoms with van der Waals surface area (Å²) in [4.78, 5) is 0. The van der Waals surface area contributed by atoms with Gasteiger partial charge in [0, 0.05) is 25.3 Å². The van der Waals surface area contributed by atoms with Crippen LogP contribution in [-0.4, -0.2) is 20.8 Å². The molecule has 2 nitrogen and oxygen atoms in total. The first-order valence-corrected chi connectivity index (χ1v) is 5.22. The summed E-state index contributed by atoms with van der Waals surface area (Å²) in [5.74, 6) is -0.992. The summed E-state index contributed by atoms with van der Waals surface area (Å²) in [5, 5.41) is 2.90. The van der Waals surface area contributed by atoms with Crippen LogP contribution in [0.3, 0.4) is 0 Å². The molecule has 0 spiro atoms. The highest BCUT2D eigenvalue weighted by Crippen LogP contribution is 2.25. The summed E-state index contributed by atoms with van der Waals surface area (Å²) >= 11 is 0. The molecule has 0 aromatic heterocycles. The minimum absolute atomic E-state index is 0.0968. The second kappa shape index (κ2) is 5.92. The molecular weight excluding hydrogens is 212 g/mol. The van der Waals surface area contributed by atoms with E-state index in [0.717, 1.165) is 0 Å². The lowest BCUT2D eigenvalue weighted by molar-refractivity contribution is 0.183. The lowest BCUT2D eigenvalue weighted by Gasteiger charge is -2.18. The van der Waals surface area contributed by atoms with Gasteiger partial charge in [-0.25, -0.2) is 8.78 Å². The van der Waals surface area contributed by atoms with Crippen molar-refractivity contribution in [2.24, 2.45) is 0 Å². The molecule has 0 saturated heterocycles. The van der Waals surface area contributed by atoms with Gasteiger partial charge in [-0.2, -0.15) is 0 Å². The quantitative estimate of drug-likeness (QED) is 0.837. The molecule has 1 N–H and O–H groups in total. The van der Waals surface area contributed by atoms with E-state index in [1.54, 1.807) is 21.1 Å². The summed E-state index contributed by atoms with van der Waals surface area (Å²) in [6, 6.07) is 2.38. The van der Waals surface area contributed by atoms with E-state index < -0.39 is 11.6 Å². The fraction of sp³-hybridized carbons (Fsp3) is 0.500. The van der Waals surface area contributed by atoms with Crippen LogP contribution >= 0.6 is 0 Å². The molecule has 0 heterocycles. The van der Waals surface area contributed by atoms with E-state index in [9.17, 15) is 8.78 Å². The number of rotatable bonds is 5.